The van der Waals surface area contributed by atoms with E-state index >= 15 is 0 Å². The van der Waals surface area contributed by atoms with Crippen LogP contribution < -0.4 is 15.5 Å². The fourth-order valence-electron chi connectivity index (χ4n) is 8.96. The van der Waals surface area contributed by atoms with Gasteiger partial charge in [-0.2, -0.15) is 18.4 Å². The summed E-state index contributed by atoms with van der Waals surface area (Å²) in [5, 5.41) is 14.7. The quantitative estimate of drug-likeness (QED) is 0.232. The van der Waals surface area contributed by atoms with Crippen LogP contribution in [-0.4, -0.2) is 98.3 Å². The van der Waals surface area contributed by atoms with E-state index in [9.17, 15) is 32.3 Å². The minimum Gasteiger partial charge on any atom is -0.331 e. The Morgan fingerprint density at radius 3 is 2.32 bits per heavy atom. The number of amides is 4. The van der Waals surface area contributed by atoms with E-state index in [-0.39, 0.29) is 59.1 Å². The van der Waals surface area contributed by atoms with Crippen molar-refractivity contribution < 1.29 is 32.3 Å². The van der Waals surface area contributed by atoms with Crippen LogP contribution in [-0.2, 0) is 25.4 Å². The number of anilines is 2. The largest absolute Gasteiger partial charge is 0.419 e. The number of halogens is 3. The van der Waals surface area contributed by atoms with Gasteiger partial charge in [-0.1, -0.05) is 12.1 Å². The molecule has 1 saturated carbocycles. The number of nitrogens with zero attached hydrogens (tertiary/aromatic N) is 6. The number of carbonyl (C=O) groups is 4. The molecule has 12 nitrogen and oxygen atoms in total. The van der Waals surface area contributed by atoms with Crippen molar-refractivity contribution in [1.82, 2.24) is 25.0 Å². The number of nitriles is 1. The second-order valence-electron chi connectivity index (χ2n) is 16.2. The second kappa shape index (κ2) is 16.6. The van der Waals surface area contributed by atoms with Crippen molar-refractivity contribution in [2.45, 2.75) is 115 Å². The van der Waals surface area contributed by atoms with E-state index in [1.54, 1.807) is 26.0 Å². The van der Waals surface area contributed by atoms with Crippen molar-refractivity contribution in [1.29, 1.82) is 5.26 Å². The second-order valence-corrected chi connectivity index (χ2v) is 16.5. The molecule has 4 fully saturated rings. The molecule has 3 atom stereocenters. The number of piperazine rings is 1. The molecule has 56 heavy (non-hydrogen) atoms. The van der Waals surface area contributed by atoms with E-state index < -0.39 is 28.9 Å². The highest BCUT2D eigenvalue weighted by Gasteiger charge is 2.53. The van der Waals surface area contributed by atoms with Gasteiger partial charge in [0.25, 0.3) is 5.91 Å². The lowest BCUT2D eigenvalue weighted by molar-refractivity contribution is -0.138. The number of piperidine rings is 1. The van der Waals surface area contributed by atoms with Gasteiger partial charge in [0.15, 0.2) is 10.8 Å². The highest BCUT2D eigenvalue weighted by atomic mass is 32.1. The van der Waals surface area contributed by atoms with Crippen LogP contribution in [0.1, 0.15) is 102 Å². The summed E-state index contributed by atoms with van der Waals surface area (Å²) in [6, 6.07) is 9.83. The third-order valence-electron chi connectivity index (χ3n) is 11.9. The minimum absolute atomic E-state index is 0.0275. The highest BCUT2D eigenvalue weighted by molar-refractivity contribution is 7.80. The van der Waals surface area contributed by atoms with Crippen LogP contribution in [0.3, 0.4) is 0 Å². The number of alkyl halides is 3. The standard InChI is InChI=1S/C40H49F3N8O4S/c1-24-21-48(22-25(2)49(24)23-35(53)46-28-11-9-27(10-12-28)31-15-16-34(52)47-36(31)54)17-5-6-26-7-13-29(14-8-26)51-38(56)50(37(55)39(51,3)4)30-18-32(40(41,42)43)33(19-44)45-20-30/h9-12,18,20,24-26,29,31H,5-8,13-17,21-23H2,1-4H3,(H,46,53)(H,47,52,54)/t24-,25+,26-,29-,31?. The molecule has 3 aliphatic heterocycles. The van der Waals surface area contributed by atoms with E-state index in [1.807, 2.05) is 17.0 Å². The molecule has 3 saturated heterocycles. The van der Waals surface area contributed by atoms with Crippen molar-refractivity contribution in [3.05, 3.63) is 53.3 Å². The number of aromatic nitrogens is 1. The molecule has 1 aliphatic carbocycles. The van der Waals surface area contributed by atoms with Crippen LogP contribution >= 0.6 is 12.2 Å². The summed E-state index contributed by atoms with van der Waals surface area (Å²) >= 11 is 5.74. The van der Waals surface area contributed by atoms with Crippen LogP contribution in [0.25, 0.3) is 0 Å². The normalized spacial score (nSPS) is 26.3. The number of hydrogen-bond donors (Lipinski definition) is 2. The van der Waals surface area contributed by atoms with Gasteiger partial charge in [-0.25, -0.2) is 4.98 Å². The van der Waals surface area contributed by atoms with Crippen molar-refractivity contribution >= 4 is 52.3 Å². The third kappa shape index (κ3) is 8.74. The molecule has 1 aromatic carbocycles. The number of hydrogen-bond acceptors (Lipinski definition) is 9. The Balaban J connectivity index is 0.942. The maximum absolute atomic E-state index is 13.7. The lowest BCUT2D eigenvalue weighted by Gasteiger charge is -2.44. The average molecular weight is 795 g/mol. The minimum atomic E-state index is -4.81. The van der Waals surface area contributed by atoms with E-state index in [4.69, 9.17) is 17.5 Å². The first kappa shape index (κ1) is 41.2. The first-order chi connectivity index (χ1) is 26.5. The highest BCUT2D eigenvalue weighted by Crippen LogP contribution is 2.41. The summed E-state index contributed by atoms with van der Waals surface area (Å²) in [5.41, 5.74) is -1.64. The Hall–Kier alpha value is -4.46. The van der Waals surface area contributed by atoms with E-state index in [0.29, 0.717) is 24.4 Å². The van der Waals surface area contributed by atoms with Gasteiger partial charge in [-0.3, -0.25) is 34.3 Å². The number of imide groups is 1. The summed E-state index contributed by atoms with van der Waals surface area (Å²) in [5.74, 6) is -0.912. The molecule has 1 aromatic heterocycles. The summed E-state index contributed by atoms with van der Waals surface area (Å²) in [4.78, 5) is 61.8. The van der Waals surface area contributed by atoms with E-state index in [0.717, 1.165) is 80.9 Å². The summed E-state index contributed by atoms with van der Waals surface area (Å²) < 4.78 is 41.1. The van der Waals surface area contributed by atoms with Crippen LogP contribution in [0.15, 0.2) is 36.5 Å². The van der Waals surface area contributed by atoms with Crippen LogP contribution in [0.4, 0.5) is 24.5 Å². The SMILES string of the molecule is C[C@@H]1CN(CCC[C@H]2CC[C@H](N3C(=S)N(c4cnc(C#N)c(C(F)(F)F)c4)C(=O)C3(C)C)CC2)C[C@H](C)N1CC(=O)Nc1ccc(C2CCC(=O)NC2=O)cc1. The number of thiocarbonyl (C=S) groups is 1. The number of nitrogens with one attached hydrogen (secondary N) is 2. The monoisotopic (exact) mass is 794 g/mol. The molecule has 0 bridgehead atoms. The first-order valence-corrected chi connectivity index (χ1v) is 19.8. The maximum atomic E-state index is 13.7. The lowest BCUT2D eigenvalue weighted by atomic mass is 9.82. The van der Waals surface area contributed by atoms with Gasteiger partial charge in [-0.15, -0.1) is 0 Å². The van der Waals surface area contributed by atoms with Gasteiger partial charge < -0.3 is 15.1 Å². The molecule has 6 rings (SSSR count). The molecular weight excluding hydrogens is 746 g/mol. The van der Waals surface area contributed by atoms with Crippen molar-refractivity contribution in [3.8, 4) is 6.07 Å². The predicted molar refractivity (Wildman–Crippen MR) is 207 cm³/mol. The molecule has 2 aromatic rings. The van der Waals surface area contributed by atoms with E-state index in [2.05, 4.69) is 39.3 Å². The topological polar surface area (TPSA) is 142 Å². The molecule has 4 aliphatic rings. The molecule has 0 radical (unpaired) electrons. The molecule has 0 spiro atoms. The molecule has 2 N–H and O–H groups in total. The van der Waals surface area contributed by atoms with Crippen molar-refractivity contribution in [2.75, 3.05) is 36.4 Å². The van der Waals surface area contributed by atoms with E-state index in [1.165, 1.54) is 6.07 Å². The predicted octanol–water partition coefficient (Wildman–Crippen LogP) is 5.58. The summed E-state index contributed by atoms with van der Waals surface area (Å²) in [6.45, 7) is 10.7. The molecule has 300 valence electrons. The number of pyridine rings is 1. The Kier molecular flexibility index (Phi) is 12.2. The fraction of sp³-hybridized carbons (Fsp3) is 0.575. The van der Waals surface area contributed by atoms with Crippen LogP contribution in [0.5, 0.6) is 0 Å². The zero-order valence-corrected chi connectivity index (χ0v) is 33.0. The fourth-order valence-corrected chi connectivity index (χ4v) is 9.53. The van der Waals surface area contributed by atoms with Gasteiger partial charge in [0.2, 0.25) is 17.7 Å². The Labute approximate surface area is 330 Å². The average Bonchev–Trinajstić information content (AvgIpc) is 3.32. The van der Waals surface area contributed by atoms with Gasteiger partial charge in [0.1, 0.15) is 11.6 Å². The number of carbonyl (C=O) groups excluding carboxylic acids is 4. The summed E-state index contributed by atoms with van der Waals surface area (Å²) in [7, 11) is 0. The zero-order valence-electron chi connectivity index (χ0n) is 32.2. The van der Waals surface area contributed by atoms with Crippen LogP contribution in [0.2, 0.25) is 0 Å². The number of rotatable bonds is 10. The molecule has 4 amide bonds. The van der Waals surface area contributed by atoms with Crippen molar-refractivity contribution in [3.63, 3.8) is 0 Å². The Morgan fingerprint density at radius 1 is 1.05 bits per heavy atom. The number of benzene rings is 1. The van der Waals surface area contributed by atoms with Gasteiger partial charge in [0.05, 0.1) is 29.9 Å². The molecule has 16 heteroatoms. The third-order valence-corrected chi connectivity index (χ3v) is 12.3. The smallest absolute Gasteiger partial charge is 0.331 e. The van der Waals surface area contributed by atoms with Crippen LogP contribution in [0, 0.1) is 17.2 Å². The Morgan fingerprint density at radius 2 is 1.71 bits per heavy atom. The van der Waals surface area contributed by atoms with Crippen molar-refractivity contribution in [2.24, 2.45) is 5.92 Å². The zero-order chi connectivity index (χ0) is 40.5. The first-order valence-electron chi connectivity index (χ1n) is 19.3. The summed E-state index contributed by atoms with van der Waals surface area (Å²) in [6.07, 6.45) is 2.72. The molecular formula is C40H49F3N8O4S. The van der Waals surface area contributed by atoms with Gasteiger partial charge in [-0.05, 0) is 121 Å². The van der Waals surface area contributed by atoms with Gasteiger partial charge >= 0.3 is 6.18 Å². The lowest BCUT2D eigenvalue weighted by Crippen LogP contribution is -2.58. The maximum Gasteiger partial charge on any atom is 0.419 e. The molecule has 4 heterocycles. The van der Waals surface area contributed by atoms with Gasteiger partial charge in [0, 0.05) is 43.3 Å². The Bertz CT molecular complexity index is 1880. The molecule has 1 unspecified atom stereocenters.